The topological polar surface area (TPSA) is 61.5 Å². The minimum atomic E-state index is -0.274. The molecule has 0 saturated heterocycles. The van der Waals surface area contributed by atoms with E-state index in [0.29, 0.717) is 33.3 Å². The normalized spacial score (nSPS) is 10.3. The van der Waals surface area contributed by atoms with Gasteiger partial charge in [-0.05, 0) is 24.3 Å². The summed E-state index contributed by atoms with van der Waals surface area (Å²) in [5.74, 6) is 0.603. The Hall–Kier alpha value is -1.91. The summed E-state index contributed by atoms with van der Waals surface area (Å²) in [6.45, 7) is 0. The first-order valence-corrected chi connectivity index (χ1v) is 6.74. The molecule has 0 spiro atoms. The molecule has 0 heterocycles. The number of nitrogens with two attached hydrogens (primary N) is 1. The zero-order chi connectivity index (χ0) is 15.6. The number of nitrogen functional groups attached to an aromatic ring is 1. The Balaban J connectivity index is 2.50. The molecule has 4 nitrogen and oxygen atoms in total. The maximum absolute atomic E-state index is 12.5. The van der Waals surface area contributed by atoms with Crippen molar-refractivity contribution in [2.24, 2.45) is 0 Å². The quantitative estimate of drug-likeness (QED) is 0.685. The number of carbonyl (C=O) groups excluding carboxylic acids is 1. The highest BCUT2D eigenvalue weighted by Crippen LogP contribution is 2.34. The Labute approximate surface area is 132 Å². The lowest BCUT2D eigenvalue weighted by atomic mass is 10.0. The van der Waals surface area contributed by atoms with Gasteiger partial charge in [-0.25, -0.2) is 0 Å². The van der Waals surface area contributed by atoms with Gasteiger partial charge < -0.3 is 15.2 Å². The second-order valence-electron chi connectivity index (χ2n) is 4.25. The summed E-state index contributed by atoms with van der Waals surface area (Å²) in [6, 6.07) is 7.74. The number of ketones is 1. The van der Waals surface area contributed by atoms with Crippen molar-refractivity contribution in [2.45, 2.75) is 0 Å². The lowest BCUT2D eigenvalue weighted by Crippen LogP contribution is -2.04. The van der Waals surface area contributed by atoms with Crippen molar-refractivity contribution in [3.8, 4) is 11.5 Å². The third-order valence-corrected chi connectivity index (χ3v) is 3.63. The molecule has 0 atom stereocenters. The predicted molar refractivity (Wildman–Crippen MR) is 83.9 cm³/mol. The van der Waals surface area contributed by atoms with E-state index in [4.69, 9.17) is 38.4 Å². The summed E-state index contributed by atoms with van der Waals surface area (Å²) >= 11 is 12.0. The van der Waals surface area contributed by atoms with E-state index in [9.17, 15) is 4.79 Å². The second kappa shape index (κ2) is 6.24. The van der Waals surface area contributed by atoms with Crippen LogP contribution in [0.25, 0.3) is 0 Å². The van der Waals surface area contributed by atoms with Crippen LogP contribution in [-0.4, -0.2) is 20.0 Å². The number of ether oxygens (including phenoxy) is 2. The van der Waals surface area contributed by atoms with Gasteiger partial charge >= 0.3 is 0 Å². The van der Waals surface area contributed by atoms with E-state index in [0.717, 1.165) is 0 Å². The van der Waals surface area contributed by atoms with Gasteiger partial charge in [0, 0.05) is 17.2 Å². The van der Waals surface area contributed by atoms with Crippen LogP contribution in [0.4, 0.5) is 5.69 Å². The average molecular weight is 326 g/mol. The van der Waals surface area contributed by atoms with Crippen LogP contribution in [0.3, 0.4) is 0 Å². The fourth-order valence-corrected chi connectivity index (χ4v) is 2.23. The van der Waals surface area contributed by atoms with Crippen molar-refractivity contribution in [3.63, 3.8) is 0 Å². The summed E-state index contributed by atoms with van der Waals surface area (Å²) in [4.78, 5) is 12.5. The van der Waals surface area contributed by atoms with Gasteiger partial charge in [0.15, 0.2) is 17.3 Å². The van der Waals surface area contributed by atoms with E-state index >= 15 is 0 Å². The van der Waals surface area contributed by atoms with Crippen LogP contribution < -0.4 is 15.2 Å². The number of carbonyl (C=O) groups is 1. The van der Waals surface area contributed by atoms with Gasteiger partial charge in [0.25, 0.3) is 0 Å². The molecule has 6 heteroatoms. The molecule has 0 amide bonds. The van der Waals surface area contributed by atoms with E-state index in [1.807, 2.05) is 0 Å². The third-order valence-electron chi connectivity index (χ3n) is 2.98. The SMILES string of the molecule is COc1cc(Cl)c(C(=O)c2ccc(Cl)c(N)c2)cc1OC. The Kier molecular flexibility index (Phi) is 4.60. The molecule has 0 aromatic heterocycles. The molecule has 2 N–H and O–H groups in total. The summed E-state index contributed by atoms with van der Waals surface area (Å²) in [6.07, 6.45) is 0. The highest BCUT2D eigenvalue weighted by molar-refractivity contribution is 6.35. The molecule has 0 saturated carbocycles. The van der Waals surface area contributed by atoms with Crippen LogP contribution in [-0.2, 0) is 0 Å². The standard InChI is InChI=1S/C15H13Cl2NO3/c1-20-13-6-9(11(17)7-14(13)21-2)15(19)8-3-4-10(16)12(18)5-8/h3-7H,18H2,1-2H3. The maximum Gasteiger partial charge on any atom is 0.194 e. The van der Waals surface area contributed by atoms with E-state index in [-0.39, 0.29) is 10.8 Å². The smallest absolute Gasteiger partial charge is 0.194 e. The van der Waals surface area contributed by atoms with Crippen molar-refractivity contribution < 1.29 is 14.3 Å². The fraction of sp³-hybridized carbons (Fsp3) is 0.133. The maximum atomic E-state index is 12.5. The van der Waals surface area contributed by atoms with Crippen molar-refractivity contribution in [3.05, 3.63) is 51.5 Å². The molecule has 0 unspecified atom stereocenters. The van der Waals surface area contributed by atoms with Crippen molar-refractivity contribution in [1.82, 2.24) is 0 Å². The molecule has 0 aliphatic carbocycles. The van der Waals surface area contributed by atoms with E-state index in [1.54, 1.807) is 12.1 Å². The lowest BCUT2D eigenvalue weighted by Gasteiger charge is -2.11. The summed E-state index contributed by atoms with van der Waals surface area (Å²) in [5.41, 5.74) is 6.74. The van der Waals surface area contributed by atoms with E-state index in [2.05, 4.69) is 0 Å². The minimum Gasteiger partial charge on any atom is -0.493 e. The van der Waals surface area contributed by atoms with Crippen molar-refractivity contribution in [1.29, 1.82) is 0 Å². The summed E-state index contributed by atoms with van der Waals surface area (Å²) in [7, 11) is 2.98. The number of hydrogen-bond acceptors (Lipinski definition) is 4. The molecule has 2 aromatic rings. The number of methoxy groups -OCH3 is 2. The Morgan fingerprint density at radius 1 is 1.00 bits per heavy atom. The molecule has 2 aromatic carbocycles. The van der Waals surface area contributed by atoms with Gasteiger partial charge in [-0.2, -0.15) is 0 Å². The highest BCUT2D eigenvalue weighted by atomic mass is 35.5. The van der Waals surface area contributed by atoms with Gasteiger partial charge in [0.2, 0.25) is 0 Å². The van der Waals surface area contributed by atoms with Crippen molar-refractivity contribution >= 4 is 34.7 Å². The molecule has 0 aliphatic rings. The number of halogens is 2. The fourth-order valence-electron chi connectivity index (χ4n) is 1.87. The number of rotatable bonds is 4. The van der Waals surface area contributed by atoms with Crippen molar-refractivity contribution in [2.75, 3.05) is 20.0 Å². The average Bonchev–Trinajstić information content (AvgIpc) is 2.49. The third kappa shape index (κ3) is 3.06. The molecule has 0 aliphatic heterocycles. The molecule has 2 rings (SSSR count). The number of anilines is 1. The lowest BCUT2D eigenvalue weighted by molar-refractivity contribution is 0.103. The molecule has 0 radical (unpaired) electrons. The van der Waals surface area contributed by atoms with E-state index in [1.165, 1.54) is 32.4 Å². The molecular formula is C15H13Cl2NO3. The predicted octanol–water partition coefficient (Wildman–Crippen LogP) is 3.82. The highest BCUT2D eigenvalue weighted by Gasteiger charge is 2.18. The monoisotopic (exact) mass is 325 g/mol. The van der Waals surface area contributed by atoms with Crippen LogP contribution in [0.2, 0.25) is 10.0 Å². The van der Waals surface area contributed by atoms with E-state index < -0.39 is 0 Å². The Morgan fingerprint density at radius 3 is 2.19 bits per heavy atom. The summed E-state index contributed by atoms with van der Waals surface area (Å²) < 4.78 is 10.3. The van der Waals surface area contributed by atoms with Gasteiger partial charge in [0.05, 0.1) is 30.0 Å². The van der Waals surface area contributed by atoms with Gasteiger partial charge in [-0.3, -0.25) is 4.79 Å². The minimum absolute atomic E-state index is 0.270. The van der Waals surface area contributed by atoms with Gasteiger partial charge in [-0.1, -0.05) is 23.2 Å². The molecule has 21 heavy (non-hydrogen) atoms. The van der Waals surface area contributed by atoms with Gasteiger partial charge in [-0.15, -0.1) is 0 Å². The van der Waals surface area contributed by atoms with Crippen LogP contribution in [0.1, 0.15) is 15.9 Å². The summed E-state index contributed by atoms with van der Waals surface area (Å²) in [5, 5.41) is 0.663. The zero-order valence-corrected chi connectivity index (χ0v) is 13.0. The van der Waals surface area contributed by atoms with Crippen LogP contribution in [0.5, 0.6) is 11.5 Å². The first-order valence-electron chi connectivity index (χ1n) is 5.99. The van der Waals surface area contributed by atoms with Crippen LogP contribution in [0, 0.1) is 0 Å². The first kappa shape index (κ1) is 15.5. The molecule has 0 bridgehead atoms. The zero-order valence-electron chi connectivity index (χ0n) is 11.4. The molecule has 110 valence electrons. The molecule has 0 fully saturated rings. The largest absolute Gasteiger partial charge is 0.493 e. The Morgan fingerprint density at radius 2 is 1.62 bits per heavy atom. The van der Waals surface area contributed by atoms with Gasteiger partial charge in [0.1, 0.15) is 0 Å². The number of benzene rings is 2. The number of hydrogen-bond donors (Lipinski definition) is 1. The Bertz CT molecular complexity index is 702. The van der Waals surface area contributed by atoms with Crippen LogP contribution in [0.15, 0.2) is 30.3 Å². The second-order valence-corrected chi connectivity index (χ2v) is 5.07. The van der Waals surface area contributed by atoms with Crippen LogP contribution >= 0.6 is 23.2 Å². The molecular weight excluding hydrogens is 313 g/mol. The first-order chi connectivity index (χ1) is 9.97.